The molecule has 7 heteroatoms. The quantitative estimate of drug-likeness (QED) is 0.811. The largest absolute Gasteiger partial charge is 0.353 e. The molecule has 0 unspecified atom stereocenters. The lowest BCUT2D eigenvalue weighted by molar-refractivity contribution is -0.122. The van der Waals surface area contributed by atoms with Crippen LogP contribution in [0, 0.1) is 6.92 Å². The van der Waals surface area contributed by atoms with Gasteiger partial charge in [0.2, 0.25) is 5.91 Å². The first-order valence-electron chi connectivity index (χ1n) is 9.34. The molecule has 2 aliphatic rings. The SMILES string of the molecule is Cc1ncsc1C(=O)NC1CCN(CCC(=O)NC2CCCC2)CC1. The molecule has 2 fully saturated rings. The number of likely N-dealkylation sites (tertiary alicyclic amines) is 1. The molecule has 25 heavy (non-hydrogen) atoms. The number of carbonyl (C=O) groups is 2. The fourth-order valence-corrected chi connectivity index (χ4v) is 4.41. The number of thiazole rings is 1. The Morgan fingerprint density at radius 2 is 1.84 bits per heavy atom. The van der Waals surface area contributed by atoms with Gasteiger partial charge in [-0.1, -0.05) is 12.8 Å². The van der Waals surface area contributed by atoms with Crippen LogP contribution in [0.5, 0.6) is 0 Å². The van der Waals surface area contributed by atoms with Crippen LogP contribution in [0.3, 0.4) is 0 Å². The third kappa shape index (κ3) is 5.25. The molecule has 0 radical (unpaired) electrons. The Balaban J connectivity index is 1.33. The molecule has 6 nitrogen and oxygen atoms in total. The molecular weight excluding hydrogens is 336 g/mol. The Labute approximate surface area is 153 Å². The fraction of sp³-hybridized carbons (Fsp3) is 0.722. The summed E-state index contributed by atoms with van der Waals surface area (Å²) >= 11 is 1.39. The number of nitrogens with zero attached hydrogens (tertiary/aromatic N) is 2. The maximum Gasteiger partial charge on any atom is 0.263 e. The summed E-state index contributed by atoms with van der Waals surface area (Å²) in [6.45, 7) is 4.55. The van der Waals surface area contributed by atoms with Crippen LogP contribution in [-0.2, 0) is 4.79 Å². The van der Waals surface area contributed by atoms with Crippen LogP contribution in [0.1, 0.15) is 60.3 Å². The van der Waals surface area contributed by atoms with Gasteiger partial charge in [0.05, 0.1) is 11.2 Å². The number of nitrogens with one attached hydrogen (secondary N) is 2. The molecule has 1 aromatic heterocycles. The summed E-state index contributed by atoms with van der Waals surface area (Å²) in [4.78, 5) is 31.4. The van der Waals surface area contributed by atoms with Gasteiger partial charge in [-0.3, -0.25) is 9.59 Å². The van der Waals surface area contributed by atoms with Gasteiger partial charge in [0, 0.05) is 38.1 Å². The van der Waals surface area contributed by atoms with E-state index in [9.17, 15) is 9.59 Å². The molecule has 1 aliphatic carbocycles. The van der Waals surface area contributed by atoms with E-state index >= 15 is 0 Å². The Kier molecular flexibility index (Phi) is 6.42. The van der Waals surface area contributed by atoms with Gasteiger partial charge in [0.1, 0.15) is 4.88 Å². The van der Waals surface area contributed by atoms with Crippen LogP contribution >= 0.6 is 11.3 Å². The summed E-state index contributed by atoms with van der Waals surface area (Å²) in [7, 11) is 0. The second-order valence-corrected chi connectivity index (χ2v) is 8.01. The number of aromatic nitrogens is 1. The lowest BCUT2D eigenvalue weighted by Gasteiger charge is -2.32. The van der Waals surface area contributed by atoms with Gasteiger partial charge in [-0.15, -0.1) is 11.3 Å². The van der Waals surface area contributed by atoms with Crippen molar-refractivity contribution in [1.29, 1.82) is 0 Å². The van der Waals surface area contributed by atoms with Gasteiger partial charge in [0.15, 0.2) is 0 Å². The molecule has 1 aliphatic heterocycles. The Bertz CT molecular complexity index is 590. The minimum atomic E-state index is -0.00519. The first kappa shape index (κ1) is 18.3. The second-order valence-electron chi connectivity index (χ2n) is 7.16. The Morgan fingerprint density at radius 1 is 1.16 bits per heavy atom. The predicted octanol–water partition coefficient (Wildman–Crippen LogP) is 2.09. The topological polar surface area (TPSA) is 74.3 Å². The number of amides is 2. The average Bonchev–Trinajstić information content (AvgIpc) is 3.26. The van der Waals surface area contributed by atoms with Crippen LogP contribution in [0.2, 0.25) is 0 Å². The van der Waals surface area contributed by atoms with Crippen molar-refractivity contribution < 1.29 is 9.59 Å². The number of piperidine rings is 1. The highest BCUT2D eigenvalue weighted by molar-refractivity contribution is 7.11. The smallest absolute Gasteiger partial charge is 0.263 e. The first-order valence-corrected chi connectivity index (χ1v) is 10.2. The zero-order chi connectivity index (χ0) is 17.6. The monoisotopic (exact) mass is 364 g/mol. The first-order chi connectivity index (χ1) is 12.1. The highest BCUT2D eigenvalue weighted by atomic mass is 32.1. The van der Waals surface area contributed by atoms with Crippen molar-refractivity contribution in [2.45, 2.75) is 64.0 Å². The van der Waals surface area contributed by atoms with Crippen molar-refractivity contribution in [2.24, 2.45) is 0 Å². The van der Waals surface area contributed by atoms with E-state index in [1.807, 2.05) is 6.92 Å². The molecule has 1 saturated heterocycles. The van der Waals surface area contributed by atoms with Gasteiger partial charge < -0.3 is 15.5 Å². The number of rotatable bonds is 6. The third-order valence-electron chi connectivity index (χ3n) is 5.25. The number of aryl methyl sites for hydroxylation is 1. The van der Waals surface area contributed by atoms with Crippen molar-refractivity contribution >= 4 is 23.2 Å². The normalized spacial score (nSPS) is 19.9. The summed E-state index contributed by atoms with van der Waals surface area (Å²) in [5.74, 6) is 0.178. The third-order valence-corrected chi connectivity index (χ3v) is 6.18. The van der Waals surface area contributed by atoms with Gasteiger partial charge in [0.25, 0.3) is 5.91 Å². The number of carbonyl (C=O) groups excluding carboxylic acids is 2. The Hall–Kier alpha value is -1.47. The molecule has 0 spiro atoms. The molecule has 2 N–H and O–H groups in total. The van der Waals surface area contributed by atoms with Crippen LogP contribution < -0.4 is 10.6 Å². The lowest BCUT2D eigenvalue weighted by atomic mass is 10.0. The highest BCUT2D eigenvalue weighted by Crippen LogP contribution is 2.18. The van der Waals surface area contributed by atoms with Gasteiger partial charge in [-0.05, 0) is 32.6 Å². The summed E-state index contributed by atoms with van der Waals surface area (Å²) in [6.07, 6.45) is 7.21. The molecule has 2 heterocycles. The molecule has 1 saturated carbocycles. The van der Waals surface area contributed by atoms with E-state index in [1.54, 1.807) is 5.51 Å². The standard InChI is InChI=1S/C18H28N4O2S/c1-13-17(25-12-19-13)18(24)21-15-6-9-22(10-7-15)11-8-16(23)20-14-4-2-3-5-14/h12,14-15H,2-11H2,1H3,(H,20,23)(H,21,24). The van der Waals surface area contributed by atoms with E-state index in [4.69, 9.17) is 0 Å². The van der Waals surface area contributed by atoms with Crippen molar-refractivity contribution in [3.05, 3.63) is 16.1 Å². The van der Waals surface area contributed by atoms with Crippen molar-refractivity contribution in [3.8, 4) is 0 Å². The summed E-state index contributed by atoms with van der Waals surface area (Å²) in [6, 6.07) is 0.626. The minimum absolute atomic E-state index is 0.00519. The zero-order valence-electron chi connectivity index (χ0n) is 14.9. The van der Waals surface area contributed by atoms with E-state index in [2.05, 4.69) is 20.5 Å². The van der Waals surface area contributed by atoms with E-state index < -0.39 is 0 Å². The average molecular weight is 365 g/mol. The van der Waals surface area contributed by atoms with Crippen LogP contribution in [0.4, 0.5) is 0 Å². The molecule has 138 valence electrons. The molecule has 2 amide bonds. The predicted molar refractivity (Wildman–Crippen MR) is 98.8 cm³/mol. The van der Waals surface area contributed by atoms with Crippen molar-refractivity contribution in [3.63, 3.8) is 0 Å². The van der Waals surface area contributed by atoms with Gasteiger partial charge in [-0.2, -0.15) is 0 Å². The number of hydrogen-bond acceptors (Lipinski definition) is 5. The molecular formula is C18H28N4O2S. The molecule has 0 aromatic carbocycles. The van der Waals surface area contributed by atoms with Crippen LogP contribution in [0.25, 0.3) is 0 Å². The highest BCUT2D eigenvalue weighted by Gasteiger charge is 2.23. The molecule has 0 bridgehead atoms. The van der Waals surface area contributed by atoms with Gasteiger partial charge >= 0.3 is 0 Å². The van der Waals surface area contributed by atoms with E-state index in [0.717, 1.165) is 51.0 Å². The van der Waals surface area contributed by atoms with E-state index in [1.165, 1.54) is 24.2 Å². The summed E-state index contributed by atoms with van der Waals surface area (Å²) in [5.41, 5.74) is 2.51. The maximum absolute atomic E-state index is 12.2. The maximum atomic E-state index is 12.2. The van der Waals surface area contributed by atoms with E-state index in [-0.39, 0.29) is 17.9 Å². The van der Waals surface area contributed by atoms with Crippen LogP contribution in [0.15, 0.2) is 5.51 Å². The lowest BCUT2D eigenvalue weighted by Crippen LogP contribution is -2.45. The van der Waals surface area contributed by atoms with E-state index in [0.29, 0.717) is 17.3 Å². The van der Waals surface area contributed by atoms with Crippen molar-refractivity contribution in [2.75, 3.05) is 19.6 Å². The van der Waals surface area contributed by atoms with Crippen molar-refractivity contribution in [1.82, 2.24) is 20.5 Å². The molecule has 1 aromatic rings. The Morgan fingerprint density at radius 3 is 2.48 bits per heavy atom. The number of hydrogen-bond donors (Lipinski definition) is 2. The zero-order valence-corrected chi connectivity index (χ0v) is 15.7. The fourth-order valence-electron chi connectivity index (χ4n) is 3.70. The summed E-state index contributed by atoms with van der Waals surface area (Å²) in [5, 5.41) is 6.27. The second kappa shape index (κ2) is 8.76. The van der Waals surface area contributed by atoms with Crippen LogP contribution in [-0.4, -0.2) is 53.4 Å². The molecule has 3 rings (SSSR count). The summed E-state index contributed by atoms with van der Waals surface area (Å²) < 4.78 is 0. The molecule has 0 atom stereocenters. The minimum Gasteiger partial charge on any atom is -0.353 e. The van der Waals surface area contributed by atoms with Gasteiger partial charge in [-0.25, -0.2) is 4.98 Å².